The summed E-state index contributed by atoms with van der Waals surface area (Å²) in [5, 5.41) is 2.68. The molecule has 136 valence electrons. The molecule has 6 heteroatoms. The minimum Gasteiger partial charge on any atom is -0.497 e. The molecule has 0 atom stereocenters. The lowest BCUT2D eigenvalue weighted by Gasteiger charge is -2.35. The van der Waals surface area contributed by atoms with E-state index in [-0.39, 0.29) is 0 Å². The molecule has 1 aliphatic rings. The van der Waals surface area contributed by atoms with Gasteiger partial charge in [0.25, 0.3) is 0 Å². The van der Waals surface area contributed by atoms with Gasteiger partial charge in [0.1, 0.15) is 5.75 Å². The predicted molar refractivity (Wildman–Crippen MR) is 102 cm³/mol. The van der Waals surface area contributed by atoms with Crippen molar-refractivity contribution >= 4 is 23.2 Å². The Morgan fingerprint density at radius 1 is 1.00 bits per heavy atom. The molecule has 0 saturated carbocycles. The monoisotopic (exact) mass is 353 g/mol. The normalized spacial score (nSPS) is 14.1. The van der Waals surface area contributed by atoms with Crippen LogP contribution >= 0.6 is 0 Å². The van der Waals surface area contributed by atoms with E-state index in [4.69, 9.17) is 4.74 Å². The fraction of sp³-hybridized carbons (Fsp3) is 0.300. The molecule has 2 aromatic carbocycles. The molecule has 3 rings (SSSR count). The molecule has 0 unspecified atom stereocenters. The zero-order valence-corrected chi connectivity index (χ0v) is 15.1. The number of anilines is 2. The highest BCUT2D eigenvalue weighted by molar-refractivity contribution is 6.39. The number of hydrogen-bond donors (Lipinski definition) is 1. The van der Waals surface area contributed by atoms with E-state index >= 15 is 0 Å². The third-order valence-corrected chi connectivity index (χ3v) is 4.47. The number of aryl methyl sites for hydroxylation is 1. The summed E-state index contributed by atoms with van der Waals surface area (Å²) < 4.78 is 5.17. The third kappa shape index (κ3) is 4.14. The highest BCUT2D eigenvalue weighted by Crippen LogP contribution is 2.20. The molecule has 1 saturated heterocycles. The van der Waals surface area contributed by atoms with Crippen molar-refractivity contribution in [1.82, 2.24) is 4.90 Å². The van der Waals surface area contributed by atoms with Crippen LogP contribution in [-0.4, -0.2) is 50.0 Å². The van der Waals surface area contributed by atoms with Crippen molar-refractivity contribution in [2.24, 2.45) is 0 Å². The Kier molecular flexibility index (Phi) is 5.41. The van der Waals surface area contributed by atoms with Crippen LogP contribution in [0.4, 0.5) is 11.4 Å². The second-order valence-corrected chi connectivity index (χ2v) is 6.30. The lowest BCUT2D eigenvalue weighted by molar-refractivity contribution is -0.143. The molecule has 0 aromatic heterocycles. The van der Waals surface area contributed by atoms with Crippen LogP contribution in [0.3, 0.4) is 0 Å². The van der Waals surface area contributed by atoms with Crippen molar-refractivity contribution in [3.05, 3.63) is 54.1 Å². The summed E-state index contributed by atoms with van der Waals surface area (Å²) >= 11 is 0. The number of piperazine rings is 1. The molecule has 1 fully saturated rings. The quantitative estimate of drug-likeness (QED) is 0.860. The minimum absolute atomic E-state index is 0.485. The van der Waals surface area contributed by atoms with Crippen LogP contribution in [0.15, 0.2) is 48.5 Å². The third-order valence-electron chi connectivity index (χ3n) is 4.47. The zero-order chi connectivity index (χ0) is 18.5. The molecule has 0 radical (unpaired) electrons. The molecular formula is C20H23N3O3. The Morgan fingerprint density at radius 2 is 1.69 bits per heavy atom. The maximum Gasteiger partial charge on any atom is 0.313 e. The van der Waals surface area contributed by atoms with Gasteiger partial charge in [0, 0.05) is 37.6 Å². The number of benzene rings is 2. The van der Waals surface area contributed by atoms with Crippen LogP contribution in [0.5, 0.6) is 5.75 Å². The minimum atomic E-state index is -0.589. The Morgan fingerprint density at radius 3 is 2.31 bits per heavy atom. The summed E-state index contributed by atoms with van der Waals surface area (Å²) in [4.78, 5) is 28.4. The second kappa shape index (κ2) is 7.91. The van der Waals surface area contributed by atoms with Crippen molar-refractivity contribution in [1.29, 1.82) is 0 Å². The number of rotatable bonds is 3. The maximum atomic E-state index is 12.4. The molecule has 6 nitrogen and oxygen atoms in total. The molecule has 26 heavy (non-hydrogen) atoms. The van der Waals surface area contributed by atoms with Crippen LogP contribution in [0, 0.1) is 6.92 Å². The highest BCUT2D eigenvalue weighted by Gasteiger charge is 2.26. The zero-order valence-electron chi connectivity index (χ0n) is 15.1. The van der Waals surface area contributed by atoms with E-state index in [1.54, 1.807) is 18.1 Å². The summed E-state index contributed by atoms with van der Waals surface area (Å²) in [6, 6.07) is 15.2. The SMILES string of the molecule is COc1ccc(N2CCN(C(=O)C(=O)Nc3cccc(C)c3)CC2)cc1. The van der Waals surface area contributed by atoms with Gasteiger partial charge in [-0.2, -0.15) is 0 Å². The Balaban J connectivity index is 1.55. The molecule has 1 N–H and O–H groups in total. The van der Waals surface area contributed by atoms with Gasteiger partial charge in [-0.25, -0.2) is 0 Å². The van der Waals surface area contributed by atoms with Gasteiger partial charge >= 0.3 is 11.8 Å². The van der Waals surface area contributed by atoms with Crippen LogP contribution in [-0.2, 0) is 9.59 Å². The number of ether oxygens (including phenoxy) is 1. The average molecular weight is 353 g/mol. The first-order valence-corrected chi connectivity index (χ1v) is 8.63. The van der Waals surface area contributed by atoms with Crippen molar-refractivity contribution in [2.75, 3.05) is 43.5 Å². The van der Waals surface area contributed by atoms with E-state index in [9.17, 15) is 9.59 Å². The van der Waals surface area contributed by atoms with Crippen molar-refractivity contribution in [3.8, 4) is 5.75 Å². The standard InChI is InChI=1S/C20H23N3O3/c1-15-4-3-5-16(14-15)21-19(24)20(25)23-12-10-22(11-13-23)17-6-8-18(26-2)9-7-17/h3-9,14H,10-13H2,1-2H3,(H,21,24). The first-order valence-electron chi connectivity index (χ1n) is 8.63. The number of carbonyl (C=O) groups is 2. The smallest absolute Gasteiger partial charge is 0.313 e. The molecule has 0 spiro atoms. The first kappa shape index (κ1) is 17.8. The summed E-state index contributed by atoms with van der Waals surface area (Å²) in [6.07, 6.45) is 0. The number of hydrogen-bond acceptors (Lipinski definition) is 4. The molecule has 0 aliphatic carbocycles. The van der Waals surface area contributed by atoms with E-state index < -0.39 is 11.8 Å². The maximum absolute atomic E-state index is 12.4. The number of amides is 2. The Hall–Kier alpha value is -3.02. The summed E-state index contributed by atoms with van der Waals surface area (Å²) in [5.74, 6) is -0.259. The Labute approximate surface area is 153 Å². The van der Waals surface area contributed by atoms with Crippen molar-refractivity contribution < 1.29 is 14.3 Å². The molecule has 2 aromatic rings. The lowest BCUT2D eigenvalue weighted by Crippen LogP contribution is -2.51. The second-order valence-electron chi connectivity index (χ2n) is 6.30. The van der Waals surface area contributed by atoms with Gasteiger partial charge in [-0.05, 0) is 48.9 Å². The van der Waals surface area contributed by atoms with Gasteiger partial charge < -0.3 is 19.9 Å². The van der Waals surface area contributed by atoms with Gasteiger partial charge in [0.15, 0.2) is 0 Å². The Bertz CT molecular complexity index is 781. The van der Waals surface area contributed by atoms with Crippen LogP contribution in [0.2, 0.25) is 0 Å². The van der Waals surface area contributed by atoms with Gasteiger partial charge in [-0.3, -0.25) is 9.59 Å². The summed E-state index contributed by atoms with van der Waals surface area (Å²) in [7, 11) is 1.64. The van der Waals surface area contributed by atoms with E-state index in [1.807, 2.05) is 49.4 Å². The number of nitrogens with zero attached hydrogens (tertiary/aromatic N) is 2. The molecule has 1 aliphatic heterocycles. The predicted octanol–water partition coefficient (Wildman–Crippen LogP) is 2.29. The van der Waals surface area contributed by atoms with E-state index in [2.05, 4.69) is 10.2 Å². The van der Waals surface area contributed by atoms with Crippen LogP contribution in [0.1, 0.15) is 5.56 Å². The number of nitrogens with one attached hydrogen (secondary N) is 1. The fourth-order valence-electron chi connectivity index (χ4n) is 3.01. The van der Waals surface area contributed by atoms with Gasteiger partial charge in [0.05, 0.1) is 7.11 Å². The largest absolute Gasteiger partial charge is 0.497 e. The van der Waals surface area contributed by atoms with Crippen LogP contribution in [0.25, 0.3) is 0 Å². The summed E-state index contributed by atoms with van der Waals surface area (Å²) in [6.45, 7) is 4.36. The fourth-order valence-corrected chi connectivity index (χ4v) is 3.01. The van der Waals surface area contributed by atoms with Gasteiger partial charge in [-0.15, -0.1) is 0 Å². The van der Waals surface area contributed by atoms with E-state index in [1.165, 1.54) is 0 Å². The van der Waals surface area contributed by atoms with E-state index in [0.29, 0.717) is 31.9 Å². The summed E-state index contributed by atoms with van der Waals surface area (Å²) in [5.41, 5.74) is 2.76. The highest BCUT2D eigenvalue weighted by atomic mass is 16.5. The average Bonchev–Trinajstić information content (AvgIpc) is 2.67. The first-order chi connectivity index (χ1) is 12.6. The van der Waals surface area contributed by atoms with Gasteiger partial charge in [-0.1, -0.05) is 12.1 Å². The number of carbonyl (C=O) groups excluding carboxylic acids is 2. The van der Waals surface area contributed by atoms with Crippen molar-refractivity contribution in [3.63, 3.8) is 0 Å². The van der Waals surface area contributed by atoms with Crippen molar-refractivity contribution in [2.45, 2.75) is 6.92 Å². The van der Waals surface area contributed by atoms with Crippen LogP contribution < -0.4 is 15.0 Å². The molecular weight excluding hydrogens is 330 g/mol. The lowest BCUT2D eigenvalue weighted by atomic mass is 10.2. The topological polar surface area (TPSA) is 61.9 Å². The molecule has 2 amide bonds. The van der Waals surface area contributed by atoms with Gasteiger partial charge in [0.2, 0.25) is 0 Å². The molecule has 1 heterocycles. The van der Waals surface area contributed by atoms with E-state index in [0.717, 1.165) is 17.0 Å². The number of methoxy groups -OCH3 is 1. The molecule has 0 bridgehead atoms.